The number of benzene rings is 6. The van der Waals surface area contributed by atoms with Crippen molar-refractivity contribution in [1.82, 2.24) is 49.0 Å². The molecule has 330 valence electrons. The molecular formula is C55H29F3N12. The van der Waals surface area contributed by atoms with Gasteiger partial charge in [0.25, 0.3) is 0 Å². The molecule has 0 saturated heterocycles. The summed E-state index contributed by atoms with van der Waals surface area (Å²) in [6, 6.07) is 38.7. The van der Waals surface area contributed by atoms with Crippen molar-refractivity contribution in [2.75, 3.05) is 0 Å². The van der Waals surface area contributed by atoms with E-state index in [4.69, 9.17) is 6.57 Å². The smallest absolute Gasteiger partial charge is 0.309 e. The maximum absolute atomic E-state index is 15.9. The molecule has 70 heavy (non-hydrogen) atoms. The Balaban J connectivity index is 1.30. The average molecular weight is 915 g/mol. The minimum atomic E-state index is -4.94. The van der Waals surface area contributed by atoms with Crippen LogP contribution in [0.25, 0.3) is 117 Å². The summed E-state index contributed by atoms with van der Waals surface area (Å²) in [6.07, 6.45) is 8.10. The first-order chi connectivity index (χ1) is 34.3. The van der Waals surface area contributed by atoms with Gasteiger partial charge in [0.1, 0.15) is 0 Å². The number of nitriles is 1. The topological polar surface area (TPSA) is 141 Å². The molecule has 0 aliphatic carbocycles. The molecule has 6 aromatic heterocycles. The van der Waals surface area contributed by atoms with Gasteiger partial charge in [-0.05, 0) is 60.7 Å². The van der Waals surface area contributed by atoms with Crippen molar-refractivity contribution < 1.29 is 13.2 Å². The van der Waals surface area contributed by atoms with Gasteiger partial charge in [-0.15, -0.1) is 0 Å². The highest BCUT2D eigenvalue weighted by Crippen LogP contribution is 2.50. The first kappa shape index (κ1) is 41.4. The fourth-order valence-corrected chi connectivity index (χ4v) is 9.32. The standard InChI is InChI=1S/C55H29F3N12/c1-60-42-8-2-7-41(55(56,57)58)49(42)50-47(69-43-27-33(51-61-17-3-18-62-51)9-13-37(43)38-14-10-34(28-44(38)69)52-63-19-4-20-64-52)25-32(31-59)26-48(50)70-45-29-35(53-65-21-5-22-66-53)11-15-39(45)40-16-12-36(30-46(40)70)54-67-23-6-24-68-54/h2-30H. The van der Waals surface area contributed by atoms with Crippen LogP contribution in [0.2, 0.25) is 0 Å². The number of hydrogen-bond acceptors (Lipinski definition) is 9. The molecule has 0 amide bonds. The van der Waals surface area contributed by atoms with E-state index in [1.807, 2.05) is 81.9 Å². The van der Waals surface area contributed by atoms with Crippen LogP contribution in [0.3, 0.4) is 0 Å². The van der Waals surface area contributed by atoms with Gasteiger partial charge in [-0.2, -0.15) is 18.4 Å². The van der Waals surface area contributed by atoms with E-state index in [0.29, 0.717) is 67.6 Å². The molecule has 12 aromatic rings. The highest BCUT2D eigenvalue weighted by atomic mass is 19.4. The molecule has 0 aliphatic rings. The lowest BCUT2D eigenvalue weighted by atomic mass is 9.92. The van der Waals surface area contributed by atoms with E-state index in [1.165, 1.54) is 12.1 Å². The lowest BCUT2D eigenvalue weighted by Gasteiger charge is -2.24. The average Bonchev–Trinajstić information content (AvgIpc) is 3.92. The molecule has 6 aromatic carbocycles. The molecule has 0 radical (unpaired) electrons. The van der Waals surface area contributed by atoms with E-state index < -0.39 is 11.7 Å². The van der Waals surface area contributed by atoms with Crippen molar-refractivity contribution in [2.45, 2.75) is 6.18 Å². The number of nitrogens with zero attached hydrogens (tertiary/aromatic N) is 12. The summed E-state index contributed by atoms with van der Waals surface area (Å²) >= 11 is 0. The van der Waals surface area contributed by atoms with Gasteiger partial charge in [0.15, 0.2) is 29.0 Å². The van der Waals surface area contributed by atoms with Crippen LogP contribution in [0.5, 0.6) is 0 Å². The molecule has 0 N–H and O–H groups in total. The molecule has 12 rings (SSSR count). The first-order valence-electron chi connectivity index (χ1n) is 21.7. The zero-order valence-corrected chi connectivity index (χ0v) is 36.2. The van der Waals surface area contributed by atoms with Crippen LogP contribution in [0.1, 0.15) is 11.1 Å². The summed E-state index contributed by atoms with van der Waals surface area (Å²) in [5.74, 6) is 1.69. The lowest BCUT2D eigenvalue weighted by Crippen LogP contribution is -2.11. The summed E-state index contributed by atoms with van der Waals surface area (Å²) in [5, 5.41) is 14.1. The van der Waals surface area contributed by atoms with Crippen molar-refractivity contribution in [3.8, 4) is 74.1 Å². The highest BCUT2D eigenvalue weighted by Gasteiger charge is 2.37. The van der Waals surface area contributed by atoms with Gasteiger partial charge in [0.05, 0.1) is 57.2 Å². The fraction of sp³-hybridized carbons (Fsp3) is 0.0182. The Bertz CT molecular complexity index is 3710. The Labute approximate surface area is 395 Å². The first-order valence-corrected chi connectivity index (χ1v) is 21.7. The second kappa shape index (κ2) is 16.4. The minimum Gasteiger partial charge on any atom is -0.309 e. The van der Waals surface area contributed by atoms with E-state index in [1.54, 1.807) is 86.0 Å². The van der Waals surface area contributed by atoms with E-state index in [-0.39, 0.29) is 33.8 Å². The van der Waals surface area contributed by atoms with Gasteiger partial charge < -0.3 is 9.13 Å². The van der Waals surface area contributed by atoms with E-state index >= 15 is 13.2 Å². The van der Waals surface area contributed by atoms with Crippen LogP contribution in [0.15, 0.2) is 177 Å². The molecule has 0 aliphatic heterocycles. The third-order valence-electron chi connectivity index (χ3n) is 12.3. The molecule has 15 heteroatoms. The Kier molecular flexibility index (Phi) is 9.71. The Hall–Kier alpha value is -9.99. The highest BCUT2D eigenvalue weighted by molar-refractivity contribution is 6.14. The molecule has 6 heterocycles. The normalized spacial score (nSPS) is 11.6. The predicted molar refractivity (Wildman–Crippen MR) is 261 cm³/mol. The number of aromatic nitrogens is 10. The number of rotatable bonds is 7. The summed E-state index contributed by atoms with van der Waals surface area (Å²) in [4.78, 5) is 40.0. The van der Waals surface area contributed by atoms with Crippen molar-refractivity contribution >= 4 is 49.3 Å². The molecule has 0 atom stereocenters. The Morgan fingerprint density at radius 1 is 0.443 bits per heavy atom. The van der Waals surface area contributed by atoms with Crippen molar-refractivity contribution in [3.05, 3.63) is 200 Å². The number of halogens is 3. The van der Waals surface area contributed by atoms with Gasteiger partial charge in [0.2, 0.25) is 0 Å². The Morgan fingerprint density at radius 2 is 0.786 bits per heavy atom. The second-order valence-electron chi connectivity index (χ2n) is 16.2. The maximum atomic E-state index is 15.9. The van der Waals surface area contributed by atoms with Gasteiger partial charge in [-0.3, -0.25) is 0 Å². The van der Waals surface area contributed by atoms with E-state index in [2.05, 4.69) is 50.8 Å². The number of fused-ring (bicyclic) bond motifs is 6. The third kappa shape index (κ3) is 6.84. The lowest BCUT2D eigenvalue weighted by molar-refractivity contribution is -0.137. The molecule has 0 fully saturated rings. The van der Waals surface area contributed by atoms with Crippen molar-refractivity contribution in [1.29, 1.82) is 5.26 Å². The van der Waals surface area contributed by atoms with Crippen LogP contribution >= 0.6 is 0 Å². The molecular weight excluding hydrogens is 886 g/mol. The maximum Gasteiger partial charge on any atom is 0.415 e. The van der Waals surface area contributed by atoms with Gasteiger partial charge in [-0.1, -0.05) is 66.7 Å². The summed E-state index contributed by atoms with van der Waals surface area (Å²) in [5.41, 5.74) is 3.66. The van der Waals surface area contributed by atoms with Gasteiger partial charge in [0, 0.05) is 105 Å². The summed E-state index contributed by atoms with van der Waals surface area (Å²) in [6.45, 7) is 8.46. The predicted octanol–water partition coefficient (Wildman–Crippen LogP) is 12.8. The van der Waals surface area contributed by atoms with Crippen LogP contribution in [0, 0.1) is 17.9 Å². The Morgan fingerprint density at radius 3 is 1.09 bits per heavy atom. The van der Waals surface area contributed by atoms with Crippen LogP contribution in [-0.4, -0.2) is 49.0 Å². The van der Waals surface area contributed by atoms with Gasteiger partial charge in [-0.25, -0.2) is 44.7 Å². The van der Waals surface area contributed by atoms with Crippen molar-refractivity contribution in [3.63, 3.8) is 0 Å². The minimum absolute atomic E-state index is 0.0287. The largest absolute Gasteiger partial charge is 0.415 e. The van der Waals surface area contributed by atoms with E-state index in [9.17, 15) is 5.26 Å². The number of hydrogen-bond donors (Lipinski definition) is 0. The van der Waals surface area contributed by atoms with Crippen LogP contribution in [-0.2, 0) is 6.18 Å². The van der Waals surface area contributed by atoms with E-state index in [0.717, 1.165) is 27.6 Å². The molecule has 0 saturated carbocycles. The summed E-state index contributed by atoms with van der Waals surface area (Å²) in [7, 11) is 0. The van der Waals surface area contributed by atoms with Gasteiger partial charge >= 0.3 is 6.18 Å². The van der Waals surface area contributed by atoms with Crippen LogP contribution in [0.4, 0.5) is 18.9 Å². The molecule has 0 unspecified atom stereocenters. The quantitative estimate of drug-likeness (QED) is 0.143. The van der Waals surface area contributed by atoms with Crippen LogP contribution < -0.4 is 0 Å². The monoisotopic (exact) mass is 914 g/mol. The fourth-order valence-electron chi connectivity index (χ4n) is 9.32. The molecule has 12 nitrogen and oxygen atoms in total. The number of alkyl halides is 3. The zero-order valence-electron chi connectivity index (χ0n) is 36.2. The third-order valence-corrected chi connectivity index (χ3v) is 12.3. The molecule has 0 spiro atoms. The molecule has 0 bridgehead atoms. The van der Waals surface area contributed by atoms with Crippen molar-refractivity contribution in [2.24, 2.45) is 0 Å². The zero-order chi connectivity index (χ0) is 47.5. The summed E-state index contributed by atoms with van der Waals surface area (Å²) < 4.78 is 51.4. The second-order valence-corrected chi connectivity index (χ2v) is 16.2. The SMILES string of the molecule is [C-]#[N+]c1cccc(C(F)(F)F)c1-c1c(-n2c3cc(-c4ncccn4)ccc3c3ccc(-c4ncccn4)cc32)cc(C#N)cc1-n1c2cc(-c3ncccn3)ccc2c2ccc(-c3ncccn3)cc21.